The zero-order valence-electron chi connectivity index (χ0n) is 11.3. The maximum absolute atomic E-state index is 12.2. The average Bonchev–Trinajstić information content (AvgIpc) is 2.91. The minimum absolute atomic E-state index is 0.131. The number of pyridine rings is 1. The Kier molecular flexibility index (Phi) is 3.48. The van der Waals surface area contributed by atoms with Crippen molar-refractivity contribution in [1.29, 1.82) is 5.26 Å². The number of aromatic amines is 1. The molecule has 4 heteroatoms. The Bertz CT molecular complexity index is 825. The van der Waals surface area contributed by atoms with Gasteiger partial charge in [-0.15, -0.1) is 0 Å². The number of H-pyrrole nitrogens is 1. The van der Waals surface area contributed by atoms with Crippen molar-refractivity contribution in [2.45, 2.75) is 12.8 Å². The first-order valence-corrected chi connectivity index (χ1v) is 6.68. The molecule has 0 unspecified atom stereocenters. The second-order valence-corrected chi connectivity index (χ2v) is 4.92. The van der Waals surface area contributed by atoms with E-state index in [1.165, 1.54) is 0 Å². The van der Waals surface area contributed by atoms with E-state index >= 15 is 0 Å². The fourth-order valence-corrected chi connectivity index (χ4v) is 2.38. The number of rotatable bonds is 4. The van der Waals surface area contributed by atoms with Crippen LogP contribution in [0.2, 0.25) is 0 Å². The second kappa shape index (κ2) is 5.59. The van der Waals surface area contributed by atoms with Gasteiger partial charge in [0.2, 0.25) is 0 Å². The molecule has 102 valence electrons. The zero-order valence-corrected chi connectivity index (χ0v) is 11.3. The number of hydrogen-bond donors (Lipinski definition) is 1. The molecule has 0 saturated heterocycles. The Morgan fingerprint density at radius 1 is 1.19 bits per heavy atom. The Balaban J connectivity index is 1.73. The quantitative estimate of drug-likeness (QED) is 0.796. The van der Waals surface area contributed by atoms with Gasteiger partial charge in [0, 0.05) is 36.1 Å². The molecule has 1 N–H and O–H groups in total. The molecule has 4 nitrogen and oxygen atoms in total. The molecule has 0 saturated carbocycles. The molecule has 2 aromatic heterocycles. The summed E-state index contributed by atoms with van der Waals surface area (Å²) in [6, 6.07) is 13.3. The molecule has 21 heavy (non-hydrogen) atoms. The monoisotopic (exact) mass is 275 g/mol. The SMILES string of the molecule is N#Cc1ccc(CC(=O)Cc2c[nH]c3ccccc23)cn1. The van der Waals surface area contributed by atoms with E-state index in [4.69, 9.17) is 5.26 Å². The van der Waals surface area contributed by atoms with Crippen LogP contribution in [0.5, 0.6) is 0 Å². The molecule has 0 bridgehead atoms. The minimum Gasteiger partial charge on any atom is -0.361 e. The van der Waals surface area contributed by atoms with Crippen LogP contribution in [0, 0.1) is 11.3 Å². The number of hydrogen-bond acceptors (Lipinski definition) is 3. The Morgan fingerprint density at radius 3 is 2.81 bits per heavy atom. The number of aromatic nitrogens is 2. The molecule has 3 rings (SSSR count). The highest BCUT2D eigenvalue weighted by Gasteiger charge is 2.09. The Labute approximate surface area is 122 Å². The van der Waals surface area contributed by atoms with Gasteiger partial charge in [-0.05, 0) is 23.3 Å². The normalized spacial score (nSPS) is 10.4. The van der Waals surface area contributed by atoms with E-state index < -0.39 is 0 Å². The van der Waals surface area contributed by atoms with Crippen molar-refractivity contribution < 1.29 is 4.79 Å². The summed E-state index contributed by atoms with van der Waals surface area (Å²) in [5, 5.41) is 9.79. The van der Waals surface area contributed by atoms with Gasteiger partial charge in [0.05, 0.1) is 0 Å². The zero-order chi connectivity index (χ0) is 14.7. The van der Waals surface area contributed by atoms with Crippen molar-refractivity contribution in [3.8, 4) is 6.07 Å². The Hall–Kier alpha value is -2.93. The van der Waals surface area contributed by atoms with Crippen molar-refractivity contribution >= 4 is 16.7 Å². The summed E-state index contributed by atoms with van der Waals surface area (Å²) in [6.07, 6.45) is 4.20. The standard InChI is InChI=1S/C17H13N3O/c18-9-14-6-5-12(10-19-14)7-15(21)8-13-11-20-17-4-2-1-3-16(13)17/h1-6,10-11,20H,7-8H2. The number of benzene rings is 1. The third kappa shape index (κ3) is 2.82. The van der Waals surface area contributed by atoms with Crippen molar-refractivity contribution in [3.05, 3.63) is 65.6 Å². The summed E-state index contributed by atoms with van der Waals surface area (Å²) in [6.45, 7) is 0. The van der Waals surface area contributed by atoms with E-state index in [0.29, 0.717) is 18.5 Å². The van der Waals surface area contributed by atoms with Gasteiger partial charge in [-0.25, -0.2) is 4.98 Å². The maximum Gasteiger partial charge on any atom is 0.141 e. The molecule has 0 aliphatic heterocycles. The minimum atomic E-state index is 0.131. The lowest BCUT2D eigenvalue weighted by atomic mass is 10.0. The molecule has 0 spiro atoms. The molecular formula is C17H13N3O. The highest BCUT2D eigenvalue weighted by molar-refractivity contribution is 5.90. The predicted molar refractivity (Wildman–Crippen MR) is 79.7 cm³/mol. The topological polar surface area (TPSA) is 69.5 Å². The molecule has 2 heterocycles. The largest absolute Gasteiger partial charge is 0.361 e. The molecule has 0 aliphatic rings. The number of ketones is 1. The first kappa shape index (κ1) is 13.1. The predicted octanol–water partition coefficient (Wildman–Crippen LogP) is 2.79. The second-order valence-electron chi connectivity index (χ2n) is 4.92. The van der Waals surface area contributed by atoms with E-state index in [1.807, 2.05) is 36.5 Å². The van der Waals surface area contributed by atoms with Crippen LogP contribution in [0.25, 0.3) is 10.9 Å². The van der Waals surface area contributed by atoms with Crippen molar-refractivity contribution in [1.82, 2.24) is 9.97 Å². The van der Waals surface area contributed by atoms with Crippen LogP contribution < -0.4 is 0 Å². The number of fused-ring (bicyclic) bond motifs is 1. The van der Waals surface area contributed by atoms with E-state index in [1.54, 1.807) is 18.3 Å². The maximum atomic E-state index is 12.2. The van der Waals surface area contributed by atoms with Crippen molar-refractivity contribution in [2.75, 3.05) is 0 Å². The van der Waals surface area contributed by atoms with Gasteiger partial charge in [0.15, 0.2) is 0 Å². The molecule has 3 aromatic rings. The third-order valence-electron chi connectivity index (χ3n) is 3.40. The van der Waals surface area contributed by atoms with Crippen LogP contribution >= 0.6 is 0 Å². The first-order valence-electron chi connectivity index (χ1n) is 6.68. The number of nitrogens with one attached hydrogen (secondary N) is 1. The summed E-state index contributed by atoms with van der Waals surface area (Å²) in [4.78, 5) is 19.3. The van der Waals surface area contributed by atoms with Gasteiger partial charge in [-0.3, -0.25) is 4.79 Å². The number of carbonyl (C=O) groups excluding carboxylic acids is 1. The van der Waals surface area contributed by atoms with Crippen LogP contribution in [0.15, 0.2) is 48.8 Å². The van der Waals surface area contributed by atoms with Gasteiger partial charge in [0.1, 0.15) is 17.5 Å². The number of nitriles is 1. The van der Waals surface area contributed by atoms with Crippen LogP contribution in [-0.2, 0) is 17.6 Å². The van der Waals surface area contributed by atoms with Gasteiger partial charge in [-0.1, -0.05) is 24.3 Å². The van der Waals surface area contributed by atoms with Crippen LogP contribution in [0.1, 0.15) is 16.8 Å². The molecule has 1 aromatic carbocycles. The molecule has 0 fully saturated rings. The average molecular weight is 275 g/mol. The van der Waals surface area contributed by atoms with Crippen LogP contribution in [0.4, 0.5) is 0 Å². The highest BCUT2D eigenvalue weighted by Crippen LogP contribution is 2.18. The summed E-state index contributed by atoms with van der Waals surface area (Å²) < 4.78 is 0. The summed E-state index contributed by atoms with van der Waals surface area (Å²) in [5.41, 5.74) is 3.25. The van der Waals surface area contributed by atoms with E-state index in [2.05, 4.69) is 9.97 Å². The van der Waals surface area contributed by atoms with Gasteiger partial charge < -0.3 is 4.98 Å². The number of para-hydroxylation sites is 1. The van der Waals surface area contributed by atoms with Crippen LogP contribution in [-0.4, -0.2) is 15.8 Å². The fraction of sp³-hybridized carbons (Fsp3) is 0.118. The molecule has 0 amide bonds. The van der Waals surface area contributed by atoms with E-state index in [9.17, 15) is 4.79 Å². The number of carbonyl (C=O) groups is 1. The van der Waals surface area contributed by atoms with Crippen molar-refractivity contribution in [3.63, 3.8) is 0 Å². The molecule has 0 radical (unpaired) electrons. The third-order valence-corrected chi connectivity index (χ3v) is 3.40. The van der Waals surface area contributed by atoms with E-state index in [-0.39, 0.29) is 5.78 Å². The molecule has 0 aliphatic carbocycles. The van der Waals surface area contributed by atoms with Crippen molar-refractivity contribution in [2.24, 2.45) is 0 Å². The highest BCUT2D eigenvalue weighted by atomic mass is 16.1. The fourth-order valence-electron chi connectivity index (χ4n) is 2.38. The van der Waals surface area contributed by atoms with Gasteiger partial charge in [0.25, 0.3) is 0 Å². The lowest BCUT2D eigenvalue weighted by molar-refractivity contribution is -0.117. The summed E-state index contributed by atoms with van der Waals surface area (Å²) in [5.74, 6) is 0.131. The summed E-state index contributed by atoms with van der Waals surface area (Å²) >= 11 is 0. The summed E-state index contributed by atoms with van der Waals surface area (Å²) in [7, 11) is 0. The number of nitrogens with zero attached hydrogens (tertiary/aromatic N) is 2. The first-order chi connectivity index (χ1) is 10.3. The number of Topliss-reactive ketones (excluding diaryl/α,β-unsaturated/α-hetero) is 1. The smallest absolute Gasteiger partial charge is 0.141 e. The Morgan fingerprint density at radius 2 is 2.05 bits per heavy atom. The van der Waals surface area contributed by atoms with E-state index in [0.717, 1.165) is 22.0 Å². The van der Waals surface area contributed by atoms with Crippen LogP contribution in [0.3, 0.4) is 0 Å². The molecular weight excluding hydrogens is 262 g/mol. The lowest BCUT2D eigenvalue weighted by Crippen LogP contribution is -2.06. The molecule has 0 atom stereocenters. The van der Waals surface area contributed by atoms with Gasteiger partial charge >= 0.3 is 0 Å². The van der Waals surface area contributed by atoms with Gasteiger partial charge in [-0.2, -0.15) is 5.26 Å². The lowest BCUT2D eigenvalue weighted by Gasteiger charge is -2.01.